The maximum Gasteiger partial charge on any atom is 0.293 e. The summed E-state index contributed by atoms with van der Waals surface area (Å²) < 4.78 is 0. The molecule has 1 amide bonds. The zero-order chi connectivity index (χ0) is 16.1. The highest BCUT2D eigenvalue weighted by Crippen LogP contribution is 2.31. The first kappa shape index (κ1) is 16.2. The lowest BCUT2D eigenvalue weighted by atomic mass is 10.1. The number of aliphatic hydroxyl groups excluding tert-OH is 1. The van der Waals surface area contributed by atoms with Crippen LogP contribution in [0.3, 0.4) is 0 Å². The van der Waals surface area contributed by atoms with Gasteiger partial charge in [-0.25, -0.2) is 0 Å². The summed E-state index contributed by atoms with van der Waals surface area (Å²) in [5.41, 5.74) is 0.609. The van der Waals surface area contributed by atoms with Gasteiger partial charge in [0.2, 0.25) is 0 Å². The van der Waals surface area contributed by atoms with E-state index in [0.29, 0.717) is 31.1 Å². The Morgan fingerprint density at radius 3 is 2.82 bits per heavy atom. The van der Waals surface area contributed by atoms with Crippen molar-refractivity contribution in [1.82, 2.24) is 5.32 Å². The number of nitrogens with zero attached hydrogens (tertiary/aromatic N) is 1. The van der Waals surface area contributed by atoms with Crippen molar-refractivity contribution in [3.8, 4) is 0 Å². The normalized spacial score (nSPS) is 15.2. The van der Waals surface area contributed by atoms with E-state index in [1.54, 1.807) is 12.1 Å². The number of amides is 1. The predicted molar refractivity (Wildman–Crippen MR) is 83.0 cm³/mol. The van der Waals surface area contributed by atoms with Gasteiger partial charge in [-0.1, -0.05) is 6.92 Å². The van der Waals surface area contributed by atoms with Crippen LogP contribution in [0.15, 0.2) is 18.2 Å². The third-order valence-electron chi connectivity index (χ3n) is 3.63. The maximum atomic E-state index is 12.0. The summed E-state index contributed by atoms with van der Waals surface area (Å²) in [5.74, 6) is -0.371. The second-order valence-corrected chi connectivity index (χ2v) is 5.51. The lowest BCUT2D eigenvalue weighted by Gasteiger charge is -2.10. The van der Waals surface area contributed by atoms with Gasteiger partial charge >= 0.3 is 0 Å². The van der Waals surface area contributed by atoms with E-state index in [0.717, 1.165) is 12.8 Å². The van der Waals surface area contributed by atoms with E-state index in [-0.39, 0.29) is 17.2 Å². The maximum absolute atomic E-state index is 12.0. The molecule has 1 aromatic carbocycles. The lowest BCUT2D eigenvalue weighted by Crippen LogP contribution is -2.27. The van der Waals surface area contributed by atoms with Crippen molar-refractivity contribution >= 4 is 17.3 Å². The fourth-order valence-electron chi connectivity index (χ4n) is 2.05. The molecule has 2 rings (SSSR count). The van der Waals surface area contributed by atoms with Crippen LogP contribution in [0.1, 0.15) is 43.0 Å². The van der Waals surface area contributed by atoms with Gasteiger partial charge < -0.3 is 15.7 Å². The molecule has 1 fully saturated rings. The van der Waals surface area contributed by atoms with Gasteiger partial charge in [-0.3, -0.25) is 14.9 Å². The highest BCUT2D eigenvalue weighted by molar-refractivity contribution is 5.95. The van der Waals surface area contributed by atoms with Gasteiger partial charge in [-0.2, -0.15) is 0 Å². The van der Waals surface area contributed by atoms with Crippen molar-refractivity contribution in [1.29, 1.82) is 0 Å². The minimum atomic E-state index is -0.484. The highest BCUT2D eigenvalue weighted by atomic mass is 16.6. The zero-order valence-corrected chi connectivity index (χ0v) is 12.5. The summed E-state index contributed by atoms with van der Waals surface area (Å²) in [7, 11) is 0. The largest absolute Gasteiger partial charge is 0.393 e. The number of carbonyl (C=O) groups is 1. The number of hydrogen-bond donors (Lipinski definition) is 3. The zero-order valence-electron chi connectivity index (χ0n) is 12.5. The molecule has 1 aromatic rings. The summed E-state index contributed by atoms with van der Waals surface area (Å²) in [5, 5.41) is 26.3. The Balaban J connectivity index is 2.02. The second-order valence-electron chi connectivity index (χ2n) is 5.51. The van der Waals surface area contributed by atoms with Crippen molar-refractivity contribution in [2.24, 2.45) is 0 Å². The van der Waals surface area contributed by atoms with E-state index in [1.165, 1.54) is 6.07 Å². The van der Waals surface area contributed by atoms with Crippen LogP contribution in [0.25, 0.3) is 0 Å². The van der Waals surface area contributed by atoms with Crippen LogP contribution in [-0.2, 0) is 0 Å². The Morgan fingerprint density at radius 2 is 2.23 bits per heavy atom. The van der Waals surface area contributed by atoms with Crippen LogP contribution in [0.4, 0.5) is 11.4 Å². The van der Waals surface area contributed by atoms with Gasteiger partial charge in [-0.15, -0.1) is 0 Å². The average Bonchev–Trinajstić information content (AvgIpc) is 3.31. The molecule has 22 heavy (non-hydrogen) atoms. The van der Waals surface area contributed by atoms with E-state index < -0.39 is 11.0 Å². The molecule has 0 heterocycles. The van der Waals surface area contributed by atoms with E-state index in [4.69, 9.17) is 0 Å². The second kappa shape index (κ2) is 7.22. The lowest BCUT2D eigenvalue weighted by molar-refractivity contribution is -0.384. The molecule has 0 bridgehead atoms. The van der Waals surface area contributed by atoms with E-state index in [2.05, 4.69) is 10.6 Å². The van der Waals surface area contributed by atoms with Gasteiger partial charge in [0, 0.05) is 24.2 Å². The molecule has 7 heteroatoms. The fraction of sp³-hybridized carbons (Fsp3) is 0.533. The number of nitro benzene ring substituents is 1. The number of hydrogen-bond acceptors (Lipinski definition) is 5. The number of nitrogens with one attached hydrogen (secondary N) is 2. The third-order valence-corrected chi connectivity index (χ3v) is 3.63. The molecule has 0 aliphatic heterocycles. The van der Waals surface area contributed by atoms with Crippen molar-refractivity contribution < 1.29 is 14.8 Å². The fourth-order valence-corrected chi connectivity index (χ4v) is 2.05. The first-order chi connectivity index (χ1) is 10.5. The molecule has 3 N–H and O–H groups in total. The van der Waals surface area contributed by atoms with Gasteiger partial charge in [0.25, 0.3) is 11.6 Å². The Morgan fingerprint density at radius 1 is 1.50 bits per heavy atom. The summed E-state index contributed by atoms with van der Waals surface area (Å²) in [6.07, 6.45) is 2.67. The van der Waals surface area contributed by atoms with Crippen LogP contribution in [-0.4, -0.2) is 34.6 Å². The number of anilines is 1. The van der Waals surface area contributed by atoms with Crippen molar-refractivity contribution in [2.45, 2.75) is 44.8 Å². The first-order valence-electron chi connectivity index (χ1n) is 7.52. The first-order valence-corrected chi connectivity index (χ1v) is 7.52. The van der Waals surface area contributed by atoms with Gasteiger partial charge in [0.1, 0.15) is 5.69 Å². The minimum Gasteiger partial charge on any atom is -0.393 e. The number of nitro groups is 1. The van der Waals surface area contributed by atoms with Gasteiger partial charge in [-0.05, 0) is 37.8 Å². The van der Waals surface area contributed by atoms with Gasteiger partial charge in [0.05, 0.1) is 11.0 Å². The standard InChI is InChI=1S/C15H21N3O4/c1-2-12(19)7-8-16-15(20)10-3-6-13(17-11-4-5-11)14(9-10)18(21)22/h3,6,9,11-12,17,19H,2,4-5,7-8H2,1H3,(H,16,20). The smallest absolute Gasteiger partial charge is 0.293 e. The molecule has 1 aliphatic rings. The summed E-state index contributed by atoms with van der Waals surface area (Å²) in [6.45, 7) is 2.20. The number of aliphatic hydroxyl groups is 1. The average molecular weight is 307 g/mol. The SMILES string of the molecule is CCC(O)CCNC(=O)c1ccc(NC2CC2)c([N+](=O)[O-])c1. The molecule has 1 aliphatic carbocycles. The molecule has 7 nitrogen and oxygen atoms in total. The number of rotatable bonds is 8. The van der Waals surface area contributed by atoms with Gasteiger partial charge in [0.15, 0.2) is 0 Å². The van der Waals surface area contributed by atoms with E-state index >= 15 is 0 Å². The van der Waals surface area contributed by atoms with Crippen molar-refractivity contribution in [3.05, 3.63) is 33.9 Å². The Bertz CT molecular complexity index is 558. The van der Waals surface area contributed by atoms with Crippen LogP contribution in [0, 0.1) is 10.1 Å². The molecule has 0 radical (unpaired) electrons. The van der Waals surface area contributed by atoms with Crippen molar-refractivity contribution in [2.75, 3.05) is 11.9 Å². The predicted octanol–water partition coefficient (Wildman–Crippen LogP) is 2.06. The van der Waals surface area contributed by atoms with E-state index in [1.807, 2.05) is 6.92 Å². The molecule has 1 saturated carbocycles. The van der Waals surface area contributed by atoms with Crippen LogP contribution in [0.2, 0.25) is 0 Å². The molecule has 0 spiro atoms. The quantitative estimate of drug-likeness (QED) is 0.503. The van der Waals surface area contributed by atoms with Crippen LogP contribution < -0.4 is 10.6 Å². The Kier molecular flexibility index (Phi) is 5.32. The third kappa shape index (κ3) is 4.42. The molecule has 1 unspecified atom stereocenters. The molecule has 0 saturated heterocycles. The molecule has 0 aromatic heterocycles. The Hall–Kier alpha value is -2.15. The summed E-state index contributed by atoms with van der Waals surface area (Å²) in [4.78, 5) is 22.7. The number of benzene rings is 1. The highest BCUT2D eigenvalue weighted by Gasteiger charge is 2.25. The van der Waals surface area contributed by atoms with Crippen LogP contribution in [0.5, 0.6) is 0 Å². The summed E-state index contributed by atoms with van der Waals surface area (Å²) in [6, 6.07) is 4.74. The molecule has 1 atom stereocenters. The molecular weight excluding hydrogens is 286 g/mol. The summed E-state index contributed by atoms with van der Waals surface area (Å²) >= 11 is 0. The Labute approximate surface area is 128 Å². The molecule has 120 valence electrons. The number of carbonyl (C=O) groups excluding carboxylic acids is 1. The molecular formula is C15H21N3O4. The minimum absolute atomic E-state index is 0.0897. The topological polar surface area (TPSA) is 104 Å². The van der Waals surface area contributed by atoms with Crippen molar-refractivity contribution in [3.63, 3.8) is 0 Å². The monoisotopic (exact) mass is 307 g/mol. The van der Waals surface area contributed by atoms with Crippen LogP contribution >= 0.6 is 0 Å². The van der Waals surface area contributed by atoms with E-state index in [9.17, 15) is 20.0 Å².